The number of fused-ring (bicyclic) bond motifs is 1. The fourth-order valence-corrected chi connectivity index (χ4v) is 1.68. The average molecular weight is 226 g/mol. The molecule has 2 heterocycles. The van der Waals surface area contributed by atoms with Crippen LogP contribution in [-0.2, 0) is 0 Å². The Morgan fingerprint density at radius 3 is 2.53 bits per heavy atom. The van der Waals surface area contributed by atoms with Crippen LogP contribution in [0.1, 0.15) is 0 Å². The fourth-order valence-electron chi connectivity index (χ4n) is 1.68. The van der Waals surface area contributed by atoms with E-state index in [1.165, 1.54) is 0 Å². The van der Waals surface area contributed by atoms with Gasteiger partial charge in [-0.25, -0.2) is 4.98 Å². The van der Waals surface area contributed by atoms with Crippen LogP contribution in [-0.4, -0.2) is 19.6 Å². The summed E-state index contributed by atoms with van der Waals surface area (Å²) in [7, 11) is 0. The van der Waals surface area contributed by atoms with E-state index < -0.39 is 0 Å². The molecule has 0 saturated carbocycles. The zero-order chi connectivity index (χ0) is 11.8. The van der Waals surface area contributed by atoms with Gasteiger partial charge in [-0.1, -0.05) is 12.1 Å². The molecular formula is C11H10N6. The third kappa shape index (κ3) is 1.55. The Hall–Kier alpha value is -2.63. The monoisotopic (exact) mass is 226 g/mol. The number of anilines is 2. The molecule has 0 amide bonds. The second-order valence-electron chi connectivity index (χ2n) is 3.63. The van der Waals surface area contributed by atoms with Gasteiger partial charge in [0.1, 0.15) is 0 Å². The van der Waals surface area contributed by atoms with Crippen molar-refractivity contribution in [1.29, 1.82) is 0 Å². The first-order valence-corrected chi connectivity index (χ1v) is 5.07. The van der Waals surface area contributed by atoms with E-state index in [0.717, 1.165) is 16.9 Å². The Balaban J connectivity index is 2.26. The Bertz CT molecular complexity index is 670. The normalized spacial score (nSPS) is 10.8. The van der Waals surface area contributed by atoms with Gasteiger partial charge in [-0.2, -0.15) is 9.50 Å². The van der Waals surface area contributed by atoms with Crippen molar-refractivity contribution in [3.63, 3.8) is 0 Å². The molecule has 6 nitrogen and oxygen atoms in total. The van der Waals surface area contributed by atoms with Gasteiger partial charge in [0.05, 0.1) is 5.69 Å². The van der Waals surface area contributed by atoms with E-state index in [2.05, 4.69) is 15.1 Å². The lowest BCUT2D eigenvalue weighted by Crippen LogP contribution is -1.96. The summed E-state index contributed by atoms with van der Waals surface area (Å²) in [5, 5.41) is 4.10. The molecule has 3 aromatic rings. The van der Waals surface area contributed by atoms with Crippen molar-refractivity contribution in [3.05, 3.63) is 36.5 Å². The topological polar surface area (TPSA) is 95.1 Å². The summed E-state index contributed by atoms with van der Waals surface area (Å²) in [6.45, 7) is 0. The number of hydrogen-bond acceptors (Lipinski definition) is 5. The van der Waals surface area contributed by atoms with Gasteiger partial charge < -0.3 is 11.5 Å². The number of aromatic nitrogens is 4. The minimum Gasteiger partial charge on any atom is -0.399 e. The molecule has 0 bridgehead atoms. The van der Waals surface area contributed by atoms with Crippen LogP contribution in [0, 0.1) is 0 Å². The highest BCUT2D eigenvalue weighted by Crippen LogP contribution is 2.20. The van der Waals surface area contributed by atoms with Gasteiger partial charge in [-0.15, -0.1) is 5.10 Å². The van der Waals surface area contributed by atoms with Crippen molar-refractivity contribution in [3.8, 4) is 11.3 Å². The average Bonchev–Trinajstić information content (AvgIpc) is 2.70. The smallest absolute Gasteiger partial charge is 0.254 e. The van der Waals surface area contributed by atoms with Crippen LogP contribution in [0.3, 0.4) is 0 Å². The quantitative estimate of drug-likeness (QED) is 0.602. The Morgan fingerprint density at radius 1 is 1.00 bits per heavy atom. The van der Waals surface area contributed by atoms with Crippen molar-refractivity contribution in [2.24, 2.45) is 0 Å². The molecule has 4 N–H and O–H groups in total. The molecule has 2 aromatic heterocycles. The summed E-state index contributed by atoms with van der Waals surface area (Å²) >= 11 is 0. The van der Waals surface area contributed by atoms with Crippen LogP contribution in [0.25, 0.3) is 17.0 Å². The lowest BCUT2D eigenvalue weighted by molar-refractivity contribution is 0.953. The molecule has 0 saturated heterocycles. The highest BCUT2D eigenvalue weighted by atomic mass is 15.4. The third-order valence-electron chi connectivity index (χ3n) is 2.46. The van der Waals surface area contributed by atoms with Gasteiger partial charge >= 0.3 is 0 Å². The zero-order valence-electron chi connectivity index (χ0n) is 8.91. The molecule has 0 fully saturated rings. The fraction of sp³-hybridized carbons (Fsp3) is 0. The zero-order valence-corrected chi connectivity index (χ0v) is 8.91. The molecule has 0 spiro atoms. The first kappa shape index (κ1) is 9.59. The molecule has 0 atom stereocenters. The van der Waals surface area contributed by atoms with Gasteiger partial charge in [-0.3, -0.25) is 0 Å². The second-order valence-corrected chi connectivity index (χ2v) is 3.63. The number of nitrogen functional groups attached to an aromatic ring is 2. The maximum atomic E-state index is 5.65. The van der Waals surface area contributed by atoms with Gasteiger partial charge in [0.15, 0.2) is 0 Å². The van der Waals surface area contributed by atoms with Crippen LogP contribution in [0.5, 0.6) is 0 Å². The number of hydrogen-bond donors (Lipinski definition) is 2. The van der Waals surface area contributed by atoms with E-state index in [-0.39, 0.29) is 5.95 Å². The van der Waals surface area contributed by atoms with E-state index in [4.69, 9.17) is 11.5 Å². The molecule has 0 aliphatic carbocycles. The SMILES string of the molecule is Nc1ccc(-c2ccnc3nc(N)nn23)cc1. The van der Waals surface area contributed by atoms with E-state index in [1.54, 1.807) is 10.7 Å². The maximum absolute atomic E-state index is 5.65. The first-order valence-electron chi connectivity index (χ1n) is 5.07. The molecule has 0 aliphatic rings. The maximum Gasteiger partial charge on any atom is 0.254 e. The van der Waals surface area contributed by atoms with Crippen molar-refractivity contribution < 1.29 is 0 Å². The minimum absolute atomic E-state index is 0.209. The highest BCUT2D eigenvalue weighted by molar-refractivity contribution is 5.63. The lowest BCUT2D eigenvalue weighted by atomic mass is 10.1. The molecule has 0 unspecified atom stereocenters. The number of rotatable bonds is 1. The van der Waals surface area contributed by atoms with Gasteiger partial charge in [0.2, 0.25) is 5.95 Å². The summed E-state index contributed by atoms with van der Waals surface area (Å²) < 4.78 is 1.61. The summed E-state index contributed by atoms with van der Waals surface area (Å²) in [6.07, 6.45) is 1.68. The second kappa shape index (κ2) is 3.44. The predicted molar refractivity (Wildman–Crippen MR) is 65.0 cm³/mol. The summed E-state index contributed by atoms with van der Waals surface area (Å²) in [5.74, 6) is 0.692. The van der Waals surface area contributed by atoms with Gasteiger partial charge in [0.25, 0.3) is 5.78 Å². The Kier molecular flexibility index (Phi) is 1.94. The predicted octanol–water partition coefficient (Wildman–Crippen LogP) is 0.956. The molecule has 3 rings (SSSR count). The summed E-state index contributed by atoms with van der Waals surface area (Å²) in [5.41, 5.74) is 13.8. The number of nitrogens with zero attached hydrogens (tertiary/aromatic N) is 4. The molecule has 0 aliphatic heterocycles. The third-order valence-corrected chi connectivity index (χ3v) is 2.46. The van der Waals surface area contributed by atoms with Crippen LogP contribution < -0.4 is 11.5 Å². The van der Waals surface area contributed by atoms with Crippen LogP contribution >= 0.6 is 0 Å². The Labute approximate surface area is 96.9 Å². The van der Waals surface area contributed by atoms with Crippen molar-refractivity contribution >= 4 is 17.4 Å². The Morgan fingerprint density at radius 2 is 1.76 bits per heavy atom. The molecule has 17 heavy (non-hydrogen) atoms. The lowest BCUT2D eigenvalue weighted by Gasteiger charge is -2.03. The summed E-state index contributed by atoms with van der Waals surface area (Å²) in [4.78, 5) is 8.10. The van der Waals surface area contributed by atoms with E-state index >= 15 is 0 Å². The number of benzene rings is 1. The highest BCUT2D eigenvalue weighted by Gasteiger charge is 2.07. The van der Waals surface area contributed by atoms with E-state index in [0.29, 0.717) is 5.78 Å². The van der Waals surface area contributed by atoms with Crippen LogP contribution in [0.2, 0.25) is 0 Å². The molecule has 6 heteroatoms. The number of nitrogens with two attached hydrogens (primary N) is 2. The van der Waals surface area contributed by atoms with Crippen LogP contribution in [0.15, 0.2) is 36.5 Å². The van der Waals surface area contributed by atoms with Crippen molar-refractivity contribution in [1.82, 2.24) is 19.6 Å². The van der Waals surface area contributed by atoms with Crippen molar-refractivity contribution in [2.75, 3.05) is 11.5 Å². The molecule has 1 aromatic carbocycles. The van der Waals surface area contributed by atoms with Gasteiger partial charge in [-0.05, 0) is 18.2 Å². The van der Waals surface area contributed by atoms with Crippen LogP contribution in [0.4, 0.5) is 11.6 Å². The molecular weight excluding hydrogens is 216 g/mol. The first-order chi connectivity index (χ1) is 8.24. The van der Waals surface area contributed by atoms with E-state index in [9.17, 15) is 0 Å². The molecule has 0 radical (unpaired) electrons. The summed E-state index contributed by atoms with van der Waals surface area (Å²) in [6, 6.07) is 9.36. The standard InChI is InChI=1S/C11H10N6/c12-8-3-1-7(2-4-8)9-5-6-14-11-15-10(13)16-17(9)11/h1-6H,12H2,(H2,13,16). The minimum atomic E-state index is 0.209. The van der Waals surface area contributed by atoms with Crippen molar-refractivity contribution in [2.45, 2.75) is 0 Å². The molecule has 84 valence electrons. The largest absolute Gasteiger partial charge is 0.399 e. The van der Waals surface area contributed by atoms with E-state index in [1.807, 2.05) is 30.3 Å². The van der Waals surface area contributed by atoms with Gasteiger partial charge in [0, 0.05) is 17.4 Å².